The summed E-state index contributed by atoms with van der Waals surface area (Å²) in [6.07, 6.45) is 3.54. The molecule has 1 heterocycles. The SMILES string of the molecule is CC(C)(C)C1Cc2cc(NC(=O)C3CC3)ccc2N1CCC#N. The molecule has 1 saturated carbocycles. The summed E-state index contributed by atoms with van der Waals surface area (Å²) in [5.74, 6) is 0.370. The Morgan fingerprint density at radius 1 is 1.39 bits per heavy atom. The van der Waals surface area contributed by atoms with Gasteiger partial charge in [-0.15, -0.1) is 0 Å². The quantitative estimate of drug-likeness (QED) is 0.922. The van der Waals surface area contributed by atoms with Crippen molar-refractivity contribution in [3.63, 3.8) is 0 Å². The van der Waals surface area contributed by atoms with Crippen LogP contribution in [0.4, 0.5) is 11.4 Å². The second-order valence-electron chi connectivity index (χ2n) is 7.79. The van der Waals surface area contributed by atoms with Crippen LogP contribution in [-0.4, -0.2) is 18.5 Å². The van der Waals surface area contributed by atoms with Crippen molar-refractivity contribution in [2.45, 2.75) is 52.5 Å². The van der Waals surface area contributed by atoms with Crippen LogP contribution >= 0.6 is 0 Å². The van der Waals surface area contributed by atoms with Crippen LogP contribution < -0.4 is 10.2 Å². The lowest BCUT2D eigenvalue weighted by Gasteiger charge is -2.36. The first kappa shape index (κ1) is 15.9. The number of nitriles is 1. The molecular weight excluding hydrogens is 286 g/mol. The average molecular weight is 311 g/mol. The van der Waals surface area contributed by atoms with Crippen molar-refractivity contribution in [1.82, 2.24) is 0 Å². The zero-order valence-electron chi connectivity index (χ0n) is 14.2. The van der Waals surface area contributed by atoms with E-state index in [1.165, 1.54) is 11.3 Å². The van der Waals surface area contributed by atoms with E-state index in [1.807, 2.05) is 6.07 Å². The van der Waals surface area contributed by atoms with Gasteiger partial charge < -0.3 is 10.2 Å². The summed E-state index contributed by atoms with van der Waals surface area (Å²) in [5, 5.41) is 12.0. The second kappa shape index (κ2) is 5.88. The van der Waals surface area contributed by atoms with Gasteiger partial charge in [0, 0.05) is 29.9 Å². The number of carbonyl (C=O) groups is 1. The average Bonchev–Trinajstić information content (AvgIpc) is 3.26. The van der Waals surface area contributed by atoms with Gasteiger partial charge >= 0.3 is 0 Å². The number of hydrogen-bond acceptors (Lipinski definition) is 3. The molecule has 0 aromatic heterocycles. The van der Waals surface area contributed by atoms with Gasteiger partial charge in [-0.2, -0.15) is 5.26 Å². The minimum Gasteiger partial charge on any atom is -0.366 e. The van der Waals surface area contributed by atoms with Crippen molar-refractivity contribution in [3.8, 4) is 6.07 Å². The molecule has 0 bridgehead atoms. The number of amides is 1. The third kappa shape index (κ3) is 3.34. The summed E-state index contributed by atoms with van der Waals surface area (Å²) in [4.78, 5) is 14.3. The van der Waals surface area contributed by atoms with Gasteiger partial charge in [0.15, 0.2) is 0 Å². The van der Waals surface area contributed by atoms with Crippen molar-refractivity contribution < 1.29 is 4.79 Å². The van der Waals surface area contributed by atoms with Gasteiger partial charge in [0.1, 0.15) is 0 Å². The first-order valence-electron chi connectivity index (χ1n) is 8.47. The molecule has 1 amide bonds. The standard InChI is InChI=1S/C19H25N3O/c1-19(2,3)17-12-14-11-15(21-18(23)13-5-6-13)7-8-16(14)22(17)10-4-9-20/h7-8,11,13,17H,4-6,10,12H2,1-3H3,(H,21,23). The highest BCUT2D eigenvalue weighted by molar-refractivity contribution is 5.94. The predicted molar refractivity (Wildman–Crippen MR) is 92.3 cm³/mol. The number of fused-ring (bicyclic) bond motifs is 1. The fraction of sp³-hybridized carbons (Fsp3) is 0.579. The normalized spacial score (nSPS) is 20.1. The van der Waals surface area contributed by atoms with Crippen LogP contribution in [0.2, 0.25) is 0 Å². The van der Waals surface area contributed by atoms with Gasteiger partial charge in [-0.3, -0.25) is 4.79 Å². The largest absolute Gasteiger partial charge is 0.366 e. The van der Waals surface area contributed by atoms with Gasteiger partial charge in [-0.25, -0.2) is 0 Å². The Kier molecular flexibility index (Phi) is 4.06. The Labute approximate surface area is 138 Å². The highest BCUT2D eigenvalue weighted by atomic mass is 16.2. The third-order valence-electron chi connectivity index (χ3n) is 4.86. The van der Waals surface area contributed by atoms with E-state index < -0.39 is 0 Å². The van der Waals surface area contributed by atoms with E-state index in [4.69, 9.17) is 5.26 Å². The van der Waals surface area contributed by atoms with Gasteiger partial charge in [0.2, 0.25) is 5.91 Å². The van der Waals surface area contributed by atoms with Crippen LogP contribution in [-0.2, 0) is 11.2 Å². The van der Waals surface area contributed by atoms with Gasteiger partial charge in [-0.05, 0) is 48.4 Å². The minimum absolute atomic E-state index is 0.145. The lowest BCUT2D eigenvalue weighted by molar-refractivity contribution is -0.117. The Balaban J connectivity index is 1.82. The monoisotopic (exact) mass is 311 g/mol. The summed E-state index contributed by atoms with van der Waals surface area (Å²) >= 11 is 0. The molecule has 1 aliphatic carbocycles. The molecule has 1 N–H and O–H groups in total. The first-order chi connectivity index (χ1) is 10.9. The van der Waals surface area contributed by atoms with Crippen molar-refractivity contribution in [2.24, 2.45) is 11.3 Å². The Bertz CT molecular complexity index is 650. The highest BCUT2D eigenvalue weighted by Crippen LogP contribution is 2.41. The summed E-state index contributed by atoms with van der Waals surface area (Å²) in [7, 11) is 0. The van der Waals surface area contributed by atoms with Crippen molar-refractivity contribution in [2.75, 3.05) is 16.8 Å². The molecule has 3 rings (SSSR count). The fourth-order valence-corrected chi connectivity index (χ4v) is 3.40. The van der Waals surface area contributed by atoms with E-state index in [0.717, 1.165) is 31.5 Å². The van der Waals surface area contributed by atoms with E-state index >= 15 is 0 Å². The molecule has 122 valence electrons. The summed E-state index contributed by atoms with van der Waals surface area (Å²) in [5.41, 5.74) is 3.53. The Morgan fingerprint density at radius 3 is 2.74 bits per heavy atom. The lowest BCUT2D eigenvalue weighted by atomic mass is 9.84. The Hall–Kier alpha value is -2.02. The topological polar surface area (TPSA) is 56.1 Å². The number of carbonyl (C=O) groups excluding carboxylic acids is 1. The molecule has 4 heteroatoms. The Morgan fingerprint density at radius 2 is 2.13 bits per heavy atom. The predicted octanol–water partition coefficient (Wildman–Crippen LogP) is 3.73. The lowest BCUT2D eigenvalue weighted by Crippen LogP contribution is -2.42. The van der Waals surface area contributed by atoms with Gasteiger partial charge in [0.25, 0.3) is 0 Å². The molecule has 4 nitrogen and oxygen atoms in total. The summed E-state index contributed by atoms with van der Waals surface area (Å²) in [6.45, 7) is 7.51. The van der Waals surface area contributed by atoms with Crippen LogP contribution in [0.15, 0.2) is 18.2 Å². The number of nitrogens with one attached hydrogen (secondary N) is 1. The molecule has 0 radical (unpaired) electrons. The van der Waals surface area contributed by atoms with Crippen LogP contribution in [0, 0.1) is 22.7 Å². The third-order valence-corrected chi connectivity index (χ3v) is 4.86. The molecule has 1 unspecified atom stereocenters. The van der Waals surface area contributed by atoms with E-state index in [1.54, 1.807) is 0 Å². The molecule has 1 aliphatic heterocycles. The molecule has 1 fully saturated rings. The maximum Gasteiger partial charge on any atom is 0.227 e. The highest BCUT2D eigenvalue weighted by Gasteiger charge is 2.37. The fourth-order valence-electron chi connectivity index (χ4n) is 3.40. The van der Waals surface area contributed by atoms with Crippen LogP contribution in [0.3, 0.4) is 0 Å². The van der Waals surface area contributed by atoms with Gasteiger partial charge in [0.05, 0.1) is 12.5 Å². The number of anilines is 2. The van der Waals surface area contributed by atoms with Gasteiger partial charge in [-0.1, -0.05) is 20.8 Å². The smallest absolute Gasteiger partial charge is 0.227 e. The second-order valence-corrected chi connectivity index (χ2v) is 7.79. The number of benzene rings is 1. The molecule has 0 spiro atoms. The number of hydrogen-bond donors (Lipinski definition) is 1. The van der Waals surface area contributed by atoms with Crippen LogP contribution in [0.1, 0.15) is 45.6 Å². The maximum atomic E-state index is 11.9. The van der Waals surface area contributed by atoms with Crippen molar-refractivity contribution >= 4 is 17.3 Å². The van der Waals surface area contributed by atoms with E-state index in [0.29, 0.717) is 12.5 Å². The summed E-state index contributed by atoms with van der Waals surface area (Å²) < 4.78 is 0. The number of nitrogens with zero attached hydrogens (tertiary/aromatic N) is 2. The molecule has 23 heavy (non-hydrogen) atoms. The first-order valence-corrected chi connectivity index (χ1v) is 8.47. The molecule has 0 saturated heterocycles. The van der Waals surface area contributed by atoms with E-state index in [9.17, 15) is 4.79 Å². The molecule has 1 aromatic carbocycles. The minimum atomic E-state index is 0.145. The van der Waals surface area contributed by atoms with Crippen molar-refractivity contribution in [1.29, 1.82) is 5.26 Å². The van der Waals surface area contributed by atoms with E-state index in [2.05, 4.69) is 49.2 Å². The van der Waals surface area contributed by atoms with Crippen LogP contribution in [0.25, 0.3) is 0 Å². The molecule has 1 atom stereocenters. The number of rotatable bonds is 4. The molecule has 1 aromatic rings. The van der Waals surface area contributed by atoms with Crippen molar-refractivity contribution in [3.05, 3.63) is 23.8 Å². The molecule has 2 aliphatic rings. The molecular formula is C19H25N3O. The van der Waals surface area contributed by atoms with E-state index in [-0.39, 0.29) is 17.2 Å². The zero-order valence-corrected chi connectivity index (χ0v) is 14.2. The zero-order chi connectivity index (χ0) is 16.6. The maximum absolute atomic E-state index is 11.9. The summed E-state index contributed by atoms with van der Waals surface area (Å²) in [6, 6.07) is 8.84. The van der Waals surface area contributed by atoms with Crippen LogP contribution in [0.5, 0.6) is 0 Å².